The van der Waals surface area contributed by atoms with Gasteiger partial charge in [0.15, 0.2) is 23.2 Å². The van der Waals surface area contributed by atoms with Crippen LogP contribution in [0.15, 0.2) is 30.6 Å². The molecule has 10 nitrogen and oxygen atoms in total. The molecule has 1 aromatic carbocycles. The molecule has 11 heteroatoms. The number of rotatable bonds is 6. The number of nitrogens with two attached hydrogens (primary N) is 1. The number of anilines is 1. The summed E-state index contributed by atoms with van der Waals surface area (Å²) >= 11 is 5.88. The van der Waals surface area contributed by atoms with E-state index in [2.05, 4.69) is 15.0 Å². The van der Waals surface area contributed by atoms with Crippen LogP contribution < -0.4 is 10.5 Å². The van der Waals surface area contributed by atoms with Crippen LogP contribution in [-0.2, 0) is 11.2 Å². The average Bonchev–Trinajstić information content (AvgIpc) is 3.25. The maximum absolute atomic E-state index is 10.3. The number of imidazole rings is 1. The fourth-order valence-corrected chi connectivity index (χ4v) is 3.32. The van der Waals surface area contributed by atoms with Gasteiger partial charge in [-0.05, 0) is 17.7 Å². The Labute approximate surface area is 170 Å². The zero-order valence-corrected chi connectivity index (χ0v) is 16.0. The summed E-state index contributed by atoms with van der Waals surface area (Å²) in [6.45, 7) is -0.119. The molecule has 29 heavy (non-hydrogen) atoms. The molecule has 0 aliphatic carbocycles. The van der Waals surface area contributed by atoms with Crippen LogP contribution in [0, 0.1) is 0 Å². The van der Waals surface area contributed by atoms with Crippen molar-refractivity contribution < 1.29 is 24.8 Å². The number of aliphatic hydroxyl groups is 3. The minimum atomic E-state index is -1.27. The highest BCUT2D eigenvalue weighted by Crippen LogP contribution is 2.32. The average molecular weight is 422 g/mol. The summed E-state index contributed by atoms with van der Waals surface area (Å²) in [5, 5.41) is 30.2. The topological polar surface area (TPSA) is 149 Å². The molecule has 4 atom stereocenters. The first-order chi connectivity index (χ1) is 14.0. The lowest BCUT2D eigenvalue weighted by atomic mass is 10.1. The Balaban J connectivity index is 1.54. The quantitative estimate of drug-likeness (QED) is 0.440. The van der Waals surface area contributed by atoms with Gasteiger partial charge in [-0.3, -0.25) is 4.57 Å². The number of hydrogen-bond acceptors (Lipinski definition) is 9. The fraction of sp³-hybridized carbons (Fsp3) is 0.389. The lowest BCUT2D eigenvalue weighted by Gasteiger charge is -2.16. The zero-order valence-electron chi connectivity index (χ0n) is 15.2. The number of halogens is 1. The smallest absolute Gasteiger partial charge is 0.320 e. The van der Waals surface area contributed by atoms with E-state index >= 15 is 0 Å². The van der Waals surface area contributed by atoms with Crippen LogP contribution in [-0.4, -0.2) is 66.4 Å². The molecule has 0 spiro atoms. The van der Waals surface area contributed by atoms with E-state index in [1.165, 1.54) is 10.9 Å². The first-order valence-electron chi connectivity index (χ1n) is 8.97. The normalized spacial score (nSPS) is 24.3. The highest BCUT2D eigenvalue weighted by Gasteiger charge is 2.44. The van der Waals surface area contributed by atoms with Gasteiger partial charge in [0.1, 0.15) is 18.3 Å². The van der Waals surface area contributed by atoms with Gasteiger partial charge in [-0.1, -0.05) is 23.7 Å². The molecule has 5 N–H and O–H groups in total. The molecule has 4 rings (SSSR count). The predicted octanol–water partition coefficient (Wildman–Crippen LogP) is 0.295. The van der Waals surface area contributed by atoms with Crippen molar-refractivity contribution in [2.24, 2.45) is 0 Å². The second kappa shape index (κ2) is 8.09. The van der Waals surface area contributed by atoms with Crippen molar-refractivity contribution in [1.29, 1.82) is 0 Å². The van der Waals surface area contributed by atoms with Crippen LogP contribution in [0.25, 0.3) is 11.2 Å². The SMILES string of the molecule is Nc1nc(OCCc2ccc(Cl)cc2)nc2c1ncn2[C@H]1O[C@H](CO)[C@@H](O)[C@H]1O. The Morgan fingerprint density at radius 2 is 1.93 bits per heavy atom. The number of aromatic nitrogens is 4. The molecule has 0 bridgehead atoms. The summed E-state index contributed by atoms with van der Waals surface area (Å²) in [7, 11) is 0. The number of nitrogen functional groups attached to an aromatic ring is 1. The molecule has 0 saturated carbocycles. The summed E-state index contributed by atoms with van der Waals surface area (Å²) in [5.41, 5.74) is 7.61. The first kappa shape index (κ1) is 19.8. The van der Waals surface area contributed by atoms with E-state index in [1.54, 1.807) is 12.1 Å². The van der Waals surface area contributed by atoms with Gasteiger partial charge >= 0.3 is 6.01 Å². The number of benzene rings is 1. The molecule has 3 aromatic rings. The minimum Gasteiger partial charge on any atom is -0.463 e. The van der Waals surface area contributed by atoms with E-state index in [0.29, 0.717) is 23.6 Å². The van der Waals surface area contributed by atoms with Crippen LogP contribution in [0.1, 0.15) is 11.8 Å². The summed E-state index contributed by atoms with van der Waals surface area (Å²) < 4.78 is 12.6. The maximum atomic E-state index is 10.3. The zero-order chi connectivity index (χ0) is 20.5. The van der Waals surface area contributed by atoms with Gasteiger partial charge in [-0.15, -0.1) is 0 Å². The third-order valence-electron chi connectivity index (χ3n) is 4.75. The molecule has 0 radical (unpaired) electrons. The highest BCUT2D eigenvalue weighted by atomic mass is 35.5. The summed E-state index contributed by atoms with van der Waals surface area (Å²) in [4.78, 5) is 12.6. The van der Waals surface area contributed by atoms with Crippen LogP contribution in [0.3, 0.4) is 0 Å². The molecular weight excluding hydrogens is 402 g/mol. The lowest BCUT2D eigenvalue weighted by Crippen LogP contribution is -2.33. The Morgan fingerprint density at radius 1 is 1.17 bits per heavy atom. The second-order valence-electron chi connectivity index (χ2n) is 6.67. The fourth-order valence-electron chi connectivity index (χ4n) is 3.19. The van der Waals surface area contributed by atoms with E-state index in [0.717, 1.165) is 5.56 Å². The highest BCUT2D eigenvalue weighted by molar-refractivity contribution is 6.30. The van der Waals surface area contributed by atoms with Gasteiger partial charge in [0, 0.05) is 11.4 Å². The van der Waals surface area contributed by atoms with E-state index < -0.39 is 31.1 Å². The molecule has 1 aliphatic heterocycles. The molecule has 154 valence electrons. The summed E-state index contributed by atoms with van der Waals surface area (Å²) in [6, 6.07) is 7.47. The van der Waals surface area contributed by atoms with Gasteiger partial charge in [0.25, 0.3) is 0 Å². The van der Waals surface area contributed by atoms with E-state index in [-0.39, 0.29) is 17.5 Å². The largest absolute Gasteiger partial charge is 0.463 e. The van der Waals surface area contributed by atoms with Gasteiger partial charge in [0.2, 0.25) is 0 Å². The number of nitrogens with zero attached hydrogens (tertiary/aromatic N) is 4. The molecule has 1 fully saturated rings. The Kier molecular flexibility index (Phi) is 5.52. The Morgan fingerprint density at radius 3 is 2.62 bits per heavy atom. The van der Waals surface area contributed by atoms with E-state index in [1.807, 2.05) is 12.1 Å². The number of fused-ring (bicyclic) bond motifs is 1. The summed E-state index contributed by atoms with van der Waals surface area (Å²) in [6.07, 6.45) is -2.41. The first-order valence-corrected chi connectivity index (χ1v) is 9.35. The molecule has 2 aromatic heterocycles. The molecule has 0 amide bonds. The molecule has 1 saturated heterocycles. The number of hydrogen-bond donors (Lipinski definition) is 4. The van der Waals surface area contributed by atoms with Crippen molar-refractivity contribution in [3.8, 4) is 6.01 Å². The minimum absolute atomic E-state index is 0.0532. The van der Waals surface area contributed by atoms with Crippen LogP contribution in [0.4, 0.5) is 5.82 Å². The number of aliphatic hydroxyl groups excluding tert-OH is 3. The van der Waals surface area contributed by atoms with Crippen LogP contribution in [0.2, 0.25) is 5.02 Å². The number of ether oxygens (including phenoxy) is 2. The van der Waals surface area contributed by atoms with Crippen LogP contribution in [0.5, 0.6) is 6.01 Å². The van der Waals surface area contributed by atoms with Gasteiger partial charge < -0.3 is 30.5 Å². The van der Waals surface area contributed by atoms with E-state index in [9.17, 15) is 15.3 Å². The molecule has 0 unspecified atom stereocenters. The molecule has 1 aliphatic rings. The van der Waals surface area contributed by atoms with Crippen LogP contribution >= 0.6 is 11.6 Å². The van der Waals surface area contributed by atoms with Gasteiger partial charge in [0.05, 0.1) is 19.5 Å². The maximum Gasteiger partial charge on any atom is 0.320 e. The third kappa shape index (κ3) is 3.85. The van der Waals surface area contributed by atoms with Crippen molar-refractivity contribution in [3.05, 3.63) is 41.2 Å². The molecular formula is C18H20ClN5O5. The van der Waals surface area contributed by atoms with Crippen molar-refractivity contribution in [2.75, 3.05) is 18.9 Å². The van der Waals surface area contributed by atoms with Crippen molar-refractivity contribution >= 4 is 28.6 Å². The van der Waals surface area contributed by atoms with Crippen molar-refractivity contribution in [1.82, 2.24) is 19.5 Å². The van der Waals surface area contributed by atoms with Gasteiger partial charge in [-0.25, -0.2) is 4.98 Å². The van der Waals surface area contributed by atoms with Crippen molar-refractivity contribution in [2.45, 2.75) is 31.0 Å². The van der Waals surface area contributed by atoms with Crippen molar-refractivity contribution in [3.63, 3.8) is 0 Å². The predicted molar refractivity (Wildman–Crippen MR) is 103 cm³/mol. The Bertz CT molecular complexity index is 998. The Hall–Kier alpha value is -2.50. The van der Waals surface area contributed by atoms with E-state index in [4.69, 9.17) is 26.8 Å². The molecule has 3 heterocycles. The monoisotopic (exact) mass is 421 g/mol. The van der Waals surface area contributed by atoms with Gasteiger partial charge in [-0.2, -0.15) is 9.97 Å². The third-order valence-corrected chi connectivity index (χ3v) is 5.01. The second-order valence-corrected chi connectivity index (χ2v) is 7.11. The lowest BCUT2D eigenvalue weighted by molar-refractivity contribution is -0.0511. The standard InChI is InChI=1S/C18H20ClN5O5/c19-10-3-1-9(2-4-10)5-6-28-18-22-15(20)12-16(23-18)24(8-21-12)17-14(27)13(26)11(7-25)29-17/h1-4,8,11,13-14,17,25-27H,5-7H2,(H2,20,22,23)/t11-,13-,14-,17+/m1/s1. The summed E-state index contributed by atoms with van der Waals surface area (Å²) in [5.74, 6) is 0.113.